The molecule has 3 heterocycles. The highest BCUT2D eigenvalue weighted by Gasteiger charge is 2.54. The van der Waals surface area contributed by atoms with Crippen molar-refractivity contribution >= 4 is 22.8 Å². The molecule has 1 saturated carbocycles. The van der Waals surface area contributed by atoms with Crippen molar-refractivity contribution in [3.63, 3.8) is 0 Å². The molecule has 1 aromatic carbocycles. The topological polar surface area (TPSA) is 90.5 Å². The van der Waals surface area contributed by atoms with Crippen molar-refractivity contribution in [2.75, 3.05) is 24.6 Å². The minimum absolute atomic E-state index is 0.00615. The molecule has 2 aromatic heterocycles. The van der Waals surface area contributed by atoms with Crippen molar-refractivity contribution in [2.45, 2.75) is 13.0 Å². The van der Waals surface area contributed by atoms with Gasteiger partial charge in [-0.3, -0.25) is 9.36 Å². The number of carbonyl (C=O) groups excluding carboxylic acids is 1. The molecule has 32 heavy (non-hydrogen) atoms. The molecule has 2 fully saturated rings. The Bertz CT molecular complexity index is 1310. The SMILES string of the molecule is CCOC(=O)c1cn(-c2ccc(F)cc2F)c2nc(N3C[C@@H]4[C@@H](N)[C@@H]4C3)c(F)cc2c1=O. The Hall–Kier alpha value is -3.40. The van der Waals surface area contributed by atoms with Crippen LogP contribution in [0.3, 0.4) is 0 Å². The minimum atomic E-state index is -0.939. The molecule has 0 amide bonds. The molecule has 3 aromatic rings. The van der Waals surface area contributed by atoms with Gasteiger partial charge in [0.1, 0.15) is 17.2 Å². The fourth-order valence-corrected chi connectivity index (χ4v) is 4.40. The van der Waals surface area contributed by atoms with E-state index in [0.717, 1.165) is 29.0 Å². The second-order valence-electron chi connectivity index (χ2n) is 8.03. The van der Waals surface area contributed by atoms with Crippen molar-refractivity contribution in [1.29, 1.82) is 0 Å². The molecule has 2 aliphatic rings. The zero-order valence-electron chi connectivity index (χ0n) is 17.0. The first-order valence-corrected chi connectivity index (χ1v) is 10.2. The normalized spacial score (nSPS) is 21.7. The predicted octanol–water partition coefficient (Wildman–Crippen LogP) is 2.37. The first kappa shape index (κ1) is 20.5. The van der Waals surface area contributed by atoms with Crippen LogP contribution in [-0.4, -0.2) is 41.3 Å². The third kappa shape index (κ3) is 3.13. The largest absolute Gasteiger partial charge is 0.462 e. The van der Waals surface area contributed by atoms with E-state index in [4.69, 9.17) is 10.5 Å². The van der Waals surface area contributed by atoms with Gasteiger partial charge in [-0.25, -0.2) is 22.9 Å². The van der Waals surface area contributed by atoms with Gasteiger partial charge in [0.25, 0.3) is 0 Å². The van der Waals surface area contributed by atoms with Crippen LogP contribution < -0.4 is 16.1 Å². The number of anilines is 1. The Morgan fingerprint density at radius 1 is 1.19 bits per heavy atom. The highest BCUT2D eigenvalue weighted by atomic mass is 19.1. The van der Waals surface area contributed by atoms with Crippen molar-refractivity contribution in [2.24, 2.45) is 17.6 Å². The molecular formula is C22H19F3N4O3. The number of hydrogen-bond acceptors (Lipinski definition) is 6. The summed E-state index contributed by atoms with van der Waals surface area (Å²) in [6.07, 6.45) is 1.09. The van der Waals surface area contributed by atoms with Gasteiger partial charge in [0.2, 0.25) is 5.43 Å². The third-order valence-corrected chi connectivity index (χ3v) is 6.14. The van der Waals surface area contributed by atoms with Crippen LogP contribution in [0.25, 0.3) is 16.7 Å². The summed E-state index contributed by atoms with van der Waals surface area (Å²) in [7, 11) is 0. The van der Waals surface area contributed by atoms with Crippen LogP contribution in [0.2, 0.25) is 0 Å². The van der Waals surface area contributed by atoms with Gasteiger partial charge in [0.05, 0.1) is 17.7 Å². The number of halogens is 3. The maximum atomic E-state index is 15.0. The fourth-order valence-electron chi connectivity index (χ4n) is 4.40. The number of ether oxygens (including phenoxy) is 1. The number of benzene rings is 1. The average molecular weight is 444 g/mol. The highest BCUT2D eigenvalue weighted by Crippen LogP contribution is 2.45. The summed E-state index contributed by atoms with van der Waals surface area (Å²) in [5.41, 5.74) is 4.54. The van der Waals surface area contributed by atoms with E-state index in [9.17, 15) is 18.4 Å². The number of nitrogens with two attached hydrogens (primary N) is 1. The van der Waals surface area contributed by atoms with Crippen molar-refractivity contribution in [1.82, 2.24) is 9.55 Å². The summed E-state index contributed by atoms with van der Waals surface area (Å²) in [6.45, 7) is 2.62. The van der Waals surface area contributed by atoms with E-state index in [1.54, 1.807) is 11.8 Å². The lowest BCUT2D eigenvalue weighted by Gasteiger charge is -2.22. The molecule has 7 nitrogen and oxygen atoms in total. The number of hydrogen-bond donors (Lipinski definition) is 1. The fraction of sp³-hybridized carbons (Fsp3) is 0.318. The summed E-state index contributed by atoms with van der Waals surface area (Å²) >= 11 is 0. The Kier molecular flexibility index (Phi) is 4.70. The average Bonchev–Trinajstić information content (AvgIpc) is 3.15. The highest BCUT2D eigenvalue weighted by molar-refractivity contribution is 5.94. The first-order valence-electron chi connectivity index (χ1n) is 10.2. The van der Waals surface area contributed by atoms with Gasteiger partial charge < -0.3 is 15.4 Å². The van der Waals surface area contributed by atoms with Crippen LogP contribution in [0.15, 0.2) is 35.3 Å². The zero-order chi connectivity index (χ0) is 22.7. The van der Waals surface area contributed by atoms with Crippen LogP contribution >= 0.6 is 0 Å². The number of piperidine rings is 1. The molecule has 0 spiro atoms. The van der Waals surface area contributed by atoms with E-state index in [2.05, 4.69) is 4.98 Å². The van der Waals surface area contributed by atoms with E-state index in [0.29, 0.717) is 19.2 Å². The molecule has 0 unspecified atom stereocenters. The molecule has 166 valence electrons. The number of rotatable bonds is 4. The van der Waals surface area contributed by atoms with Crippen LogP contribution in [0.1, 0.15) is 17.3 Å². The van der Waals surface area contributed by atoms with Crippen molar-refractivity contribution in [3.8, 4) is 5.69 Å². The molecule has 2 N–H and O–H groups in total. The summed E-state index contributed by atoms with van der Waals surface area (Å²) in [4.78, 5) is 31.4. The van der Waals surface area contributed by atoms with Gasteiger partial charge in [0.15, 0.2) is 17.3 Å². The van der Waals surface area contributed by atoms with E-state index < -0.39 is 34.4 Å². The molecule has 3 atom stereocenters. The minimum Gasteiger partial charge on any atom is -0.462 e. The number of aromatic nitrogens is 2. The van der Waals surface area contributed by atoms with Gasteiger partial charge in [-0.2, -0.15) is 0 Å². The molecule has 0 radical (unpaired) electrons. The van der Waals surface area contributed by atoms with Crippen LogP contribution in [0.4, 0.5) is 19.0 Å². The molecule has 5 rings (SSSR count). The second-order valence-corrected chi connectivity index (χ2v) is 8.03. The maximum absolute atomic E-state index is 15.0. The summed E-state index contributed by atoms with van der Waals surface area (Å²) in [6, 6.07) is 3.94. The second kappa shape index (κ2) is 7.33. The Labute approximate surface area is 180 Å². The Morgan fingerprint density at radius 3 is 2.56 bits per heavy atom. The number of pyridine rings is 2. The van der Waals surface area contributed by atoms with E-state index in [-0.39, 0.29) is 47.0 Å². The van der Waals surface area contributed by atoms with E-state index >= 15 is 4.39 Å². The quantitative estimate of drug-likeness (QED) is 0.622. The lowest BCUT2D eigenvalue weighted by molar-refractivity contribution is 0.0524. The summed E-state index contributed by atoms with van der Waals surface area (Å²) in [5, 5.41) is -0.221. The van der Waals surface area contributed by atoms with E-state index in [1.165, 1.54) is 0 Å². The summed E-state index contributed by atoms with van der Waals surface area (Å²) < 4.78 is 49.2. The molecule has 1 saturated heterocycles. The lowest BCUT2D eigenvalue weighted by atomic mass is 10.1. The van der Waals surface area contributed by atoms with Crippen molar-refractivity contribution < 1.29 is 22.7 Å². The van der Waals surface area contributed by atoms with E-state index in [1.807, 2.05) is 0 Å². The van der Waals surface area contributed by atoms with Crippen LogP contribution in [0.5, 0.6) is 0 Å². The predicted molar refractivity (Wildman–Crippen MR) is 110 cm³/mol. The molecule has 10 heteroatoms. The van der Waals surface area contributed by atoms with Gasteiger partial charge in [-0.15, -0.1) is 0 Å². The Morgan fingerprint density at radius 2 is 1.91 bits per heavy atom. The van der Waals surface area contributed by atoms with Crippen LogP contribution in [0, 0.1) is 29.3 Å². The molecule has 0 bridgehead atoms. The monoisotopic (exact) mass is 444 g/mol. The lowest BCUT2D eigenvalue weighted by Crippen LogP contribution is -2.30. The standard InChI is InChI=1S/C22H19F3N4O3/c1-2-32-22(31)14-9-29(17-4-3-10(23)5-15(17)24)20-11(19(14)30)6-16(25)21(27-20)28-7-12-13(8-28)18(12)26/h3-6,9,12-13,18H,2,7-8,26H2,1H3/t12-,13+,18+. The number of carbonyl (C=O) groups is 1. The van der Waals surface area contributed by atoms with Crippen LogP contribution in [-0.2, 0) is 4.74 Å². The third-order valence-electron chi connectivity index (χ3n) is 6.14. The molecule has 1 aliphatic heterocycles. The zero-order valence-corrected chi connectivity index (χ0v) is 17.0. The number of esters is 1. The van der Waals surface area contributed by atoms with Gasteiger partial charge >= 0.3 is 5.97 Å². The van der Waals surface area contributed by atoms with Gasteiger partial charge in [-0.05, 0) is 37.0 Å². The van der Waals surface area contributed by atoms with Gasteiger partial charge in [-0.1, -0.05) is 0 Å². The maximum Gasteiger partial charge on any atom is 0.343 e. The summed E-state index contributed by atoms with van der Waals surface area (Å²) in [5.74, 6) is -2.88. The first-order chi connectivity index (χ1) is 15.3. The molecule has 1 aliphatic carbocycles. The van der Waals surface area contributed by atoms with Crippen molar-refractivity contribution in [3.05, 3.63) is 63.7 Å². The molecular weight excluding hydrogens is 425 g/mol. The Balaban J connectivity index is 1.74. The number of fused-ring (bicyclic) bond motifs is 2. The smallest absolute Gasteiger partial charge is 0.343 e. The van der Waals surface area contributed by atoms with Gasteiger partial charge in [0, 0.05) is 31.4 Å². The number of nitrogens with zero attached hydrogens (tertiary/aromatic N) is 3.